The van der Waals surface area contributed by atoms with E-state index in [-0.39, 0.29) is 0 Å². The number of benzene rings is 1. The second kappa shape index (κ2) is 5.56. The molecule has 1 aromatic heterocycles. The zero-order chi connectivity index (χ0) is 13.8. The Morgan fingerprint density at radius 3 is 2.21 bits per heavy atom. The molecule has 2 rings (SSSR count). The first kappa shape index (κ1) is 13.1. The number of nitrogens with one attached hydrogen (secondary N) is 2. The number of nitrogens with zero attached hydrogens (tertiary/aromatic N) is 3. The molecule has 100 valence electrons. The van der Waals surface area contributed by atoms with Gasteiger partial charge in [0.05, 0.1) is 0 Å². The molecule has 5 nitrogen and oxygen atoms in total. The van der Waals surface area contributed by atoms with Crippen LogP contribution in [0.4, 0.5) is 23.0 Å². The molecule has 5 heteroatoms. The molecule has 0 saturated carbocycles. The van der Waals surface area contributed by atoms with E-state index in [9.17, 15) is 0 Å². The Morgan fingerprint density at radius 2 is 1.63 bits per heavy atom. The highest BCUT2D eigenvalue weighted by atomic mass is 15.1. The molecular formula is C14H19N5. The Hall–Kier alpha value is -2.30. The van der Waals surface area contributed by atoms with Crippen molar-refractivity contribution >= 4 is 23.0 Å². The van der Waals surface area contributed by atoms with Gasteiger partial charge in [-0.1, -0.05) is 0 Å². The zero-order valence-corrected chi connectivity index (χ0v) is 11.7. The molecule has 0 atom stereocenters. The molecule has 1 heterocycles. The normalized spacial score (nSPS) is 10.1. The molecule has 0 unspecified atom stereocenters. The number of hydrogen-bond acceptors (Lipinski definition) is 5. The second-order valence-electron chi connectivity index (χ2n) is 4.51. The molecule has 0 amide bonds. The second-order valence-corrected chi connectivity index (χ2v) is 4.51. The standard InChI is InChI=1S/C14H19N5/c1-10-13(15-2)16-9-17-14(10)18-11-5-7-12(8-6-11)19(3)4/h5-9H,1-4H3,(H2,15,16,17,18). The van der Waals surface area contributed by atoms with Crippen LogP contribution in [0.5, 0.6) is 0 Å². The van der Waals surface area contributed by atoms with Gasteiger partial charge in [0.1, 0.15) is 18.0 Å². The summed E-state index contributed by atoms with van der Waals surface area (Å²) in [4.78, 5) is 10.5. The van der Waals surface area contributed by atoms with Crippen LogP contribution in [0.25, 0.3) is 0 Å². The maximum atomic E-state index is 4.27. The van der Waals surface area contributed by atoms with Crippen LogP contribution in [0.3, 0.4) is 0 Å². The largest absolute Gasteiger partial charge is 0.378 e. The van der Waals surface area contributed by atoms with E-state index < -0.39 is 0 Å². The molecule has 0 aliphatic heterocycles. The number of hydrogen-bond donors (Lipinski definition) is 2. The smallest absolute Gasteiger partial charge is 0.138 e. The molecule has 0 saturated heterocycles. The number of anilines is 4. The van der Waals surface area contributed by atoms with Crippen LogP contribution >= 0.6 is 0 Å². The lowest BCUT2D eigenvalue weighted by Crippen LogP contribution is -2.08. The van der Waals surface area contributed by atoms with Crippen molar-refractivity contribution < 1.29 is 0 Å². The van der Waals surface area contributed by atoms with Gasteiger partial charge >= 0.3 is 0 Å². The first-order valence-electron chi connectivity index (χ1n) is 6.15. The highest BCUT2D eigenvalue weighted by molar-refractivity contribution is 5.65. The maximum Gasteiger partial charge on any atom is 0.138 e. The van der Waals surface area contributed by atoms with Crippen LogP contribution < -0.4 is 15.5 Å². The quantitative estimate of drug-likeness (QED) is 0.882. The summed E-state index contributed by atoms with van der Waals surface area (Å²) in [5.41, 5.74) is 3.18. The molecule has 0 aliphatic rings. The first-order chi connectivity index (χ1) is 9.11. The van der Waals surface area contributed by atoms with E-state index in [1.165, 1.54) is 5.69 Å². The molecular weight excluding hydrogens is 238 g/mol. The highest BCUT2D eigenvalue weighted by Crippen LogP contribution is 2.23. The molecule has 0 aliphatic carbocycles. The fourth-order valence-corrected chi connectivity index (χ4v) is 1.81. The maximum absolute atomic E-state index is 4.27. The van der Waals surface area contributed by atoms with E-state index in [4.69, 9.17) is 0 Å². The highest BCUT2D eigenvalue weighted by Gasteiger charge is 2.05. The number of rotatable bonds is 4. The zero-order valence-electron chi connectivity index (χ0n) is 11.7. The third kappa shape index (κ3) is 2.93. The predicted octanol–water partition coefficient (Wildman–Crippen LogP) is 2.64. The van der Waals surface area contributed by atoms with Crippen LogP contribution in [-0.4, -0.2) is 31.1 Å². The van der Waals surface area contributed by atoms with Gasteiger partial charge in [-0.2, -0.15) is 0 Å². The van der Waals surface area contributed by atoms with Crippen molar-refractivity contribution in [2.24, 2.45) is 0 Å². The molecule has 0 bridgehead atoms. The third-order valence-electron chi connectivity index (χ3n) is 2.97. The van der Waals surface area contributed by atoms with Crippen molar-refractivity contribution in [1.82, 2.24) is 9.97 Å². The van der Waals surface area contributed by atoms with Crippen LogP contribution in [0.1, 0.15) is 5.56 Å². The summed E-state index contributed by atoms with van der Waals surface area (Å²) < 4.78 is 0. The molecule has 0 fully saturated rings. The molecule has 1 aromatic carbocycles. The van der Waals surface area contributed by atoms with Crippen LogP contribution in [0.15, 0.2) is 30.6 Å². The summed E-state index contributed by atoms with van der Waals surface area (Å²) in [7, 11) is 5.90. The van der Waals surface area contributed by atoms with Crippen molar-refractivity contribution in [3.8, 4) is 0 Å². The fourth-order valence-electron chi connectivity index (χ4n) is 1.81. The van der Waals surface area contributed by atoms with Gasteiger partial charge in [0.25, 0.3) is 0 Å². The van der Waals surface area contributed by atoms with Crippen LogP contribution in [0.2, 0.25) is 0 Å². The van der Waals surface area contributed by atoms with E-state index in [0.29, 0.717) is 0 Å². The molecule has 0 radical (unpaired) electrons. The Labute approximate surface area is 113 Å². The van der Waals surface area contributed by atoms with Crippen LogP contribution in [0, 0.1) is 6.92 Å². The summed E-state index contributed by atoms with van der Waals surface area (Å²) in [5, 5.41) is 6.35. The minimum atomic E-state index is 0.817. The Morgan fingerprint density at radius 1 is 1.00 bits per heavy atom. The minimum Gasteiger partial charge on any atom is -0.378 e. The van der Waals surface area contributed by atoms with Gasteiger partial charge in [0.2, 0.25) is 0 Å². The summed E-state index contributed by atoms with van der Waals surface area (Å²) in [5.74, 6) is 1.65. The van der Waals surface area contributed by atoms with Crippen molar-refractivity contribution in [2.75, 3.05) is 36.7 Å². The van der Waals surface area contributed by atoms with E-state index in [1.54, 1.807) is 6.33 Å². The van der Waals surface area contributed by atoms with E-state index in [2.05, 4.69) is 37.6 Å². The van der Waals surface area contributed by atoms with E-state index in [0.717, 1.165) is 22.9 Å². The third-order valence-corrected chi connectivity index (χ3v) is 2.97. The van der Waals surface area contributed by atoms with Gasteiger partial charge < -0.3 is 15.5 Å². The average Bonchev–Trinajstić information content (AvgIpc) is 2.42. The number of aromatic nitrogens is 2. The predicted molar refractivity (Wildman–Crippen MR) is 80.4 cm³/mol. The molecule has 2 N–H and O–H groups in total. The Kier molecular flexibility index (Phi) is 3.85. The van der Waals surface area contributed by atoms with Crippen molar-refractivity contribution in [3.63, 3.8) is 0 Å². The van der Waals surface area contributed by atoms with E-state index >= 15 is 0 Å². The lowest BCUT2D eigenvalue weighted by atomic mass is 10.2. The molecule has 0 spiro atoms. The lowest BCUT2D eigenvalue weighted by molar-refractivity contribution is 1.12. The molecule has 19 heavy (non-hydrogen) atoms. The van der Waals surface area contributed by atoms with Gasteiger partial charge in [-0.25, -0.2) is 9.97 Å². The Bertz CT molecular complexity index is 548. The van der Waals surface area contributed by atoms with Gasteiger partial charge in [-0.05, 0) is 31.2 Å². The van der Waals surface area contributed by atoms with Crippen molar-refractivity contribution in [3.05, 3.63) is 36.2 Å². The summed E-state index contributed by atoms with van der Waals surface area (Å²) in [6, 6.07) is 8.21. The van der Waals surface area contributed by atoms with Crippen LogP contribution in [-0.2, 0) is 0 Å². The topological polar surface area (TPSA) is 53.1 Å². The lowest BCUT2D eigenvalue weighted by Gasteiger charge is -2.14. The van der Waals surface area contributed by atoms with Crippen molar-refractivity contribution in [2.45, 2.75) is 6.92 Å². The summed E-state index contributed by atoms with van der Waals surface area (Å²) in [6.45, 7) is 1.99. The van der Waals surface area contributed by atoms with E-state index in [1.807, 2.05) is 40.2 Å². The monoisotopic (exact) mass is 257 g/mol. The van der Waals surface area contributed by atoms with Crippen molar-refractivity contribution in [1.29, 1.82) is 0 Å². The van der Waals surface area contributed by atoms with Gasteiger partial charge in [0.15, 0.2) is 0 Å². The first-order valence-corrected chi connectivity index (χ1v) is 6.15. The van der Waals surface area contributed by atoms with Gasteiger partial charge in [-0.3, -0.25) is 0 Å². The Balaban J connectivity index is 2.21. The SMILES string of the molecule is CNc1ncnc(Nc2ccc(N(C)C)cc2)c1C. The molecule has 2 aromatic rings. The fraction of sp³-hybridized carbons (Fsp3) is 0.286. The summed E-state index contributed by atoms with van der Waals surface area (Å²) in [6.07, 6.45) is 1.55. The summed E-state index contributed by atoms with van der Waals surface area (Å²) >= 11 is 0. The van der Waals surface area contributed by atoms with Gasteiger partial charge in [-0.15, -0.1) is 0 Å². The minimum absolute atomic E-state index is 0.817. The average molecular weight is 257 g/mol. The van der Waals surface area contributed by atoms with Gasteiger partial charge in [0, 0.05) is 38.1 Å².